The molecule has 1 atom stereocenters. The summed E-state index contributed by atoms with van der Waals surface area (Å²) in [6, 6.07) is 0. The molecule has 0 aromatic carbocycles. The molecule has 0 spiro atoms. The Balaban J connectivity index is 3.55. The summed E-state index contributed by atoms with van der Waals surface area (Å²) >= 11 is 0. The summed E-state index contributed by atoms with van der Waals surface area (Å²) in [4.78, 5) is 8.46. The Labute approximate surface area is 107 Å². The minimum Gasteiger partial charge on any atom is -0.417 e. The van der Waals surface area contributed by atoms with E-state index in [-0.39, 0.29) is 5.04 Å². The molecule has 0 aromatic heterocycles. The molecule has 0 aromatic rings. The first-order valence-corrected chi connectivity index (χ1v) is 10.3. The van der Waals surface area contributed by atoms with Gasteiger partial charge in [-0.2, -0.15) is 0 Å². The molecule has 0 aliphatic carbocycles. The molecule has 104 valence electrons. The second-order valence-corrected chi connectivity index (χ2v) is 11.4. The summed E-state index contributed by atoms with van der Waals surface area (Å²) in [5.41, 5.74) is 0. The van der Waals surface area contributed by atoms with Crippen LogP contribution >= 0.6 is 8.25 Å². The highest BCUT2D eigenvalue weighted by Gasteiger charge is 2.36. The molecular formula is C11H27O4PSi. The van der Waals surface area contributed by atoms with Crippen molar-refractivity contribution >= 4 is 16.6 Å². The monoisotopic (exact) mass is 282 g/mol. The second-order valence-electron chi connectivity index (χ2n) is 5.78. The van der Waals surface area contributed by atoms with Crippen molar-refractivity contribution in [3.63, 3.8) is 0 Å². The maximum absolute atomic E-state index is 10.3. The SMILES string of the molecule is CC(C)(C)[Si](C)(C)OCCCCCO[PH](=O)O. The van der Waals surface area contributed by atoms with Crippen LogP contribution in [0.25, 0.3) is 0 Å². The van der Waals surface area contributed by atoms with Crippen LogP contribution < -0.4 is 0 Å². The molecule has 0 radical (unpaired) electrons. The molecule has 1 N–H and O–H groups in total. The molecule has 0 heterocycles. The first kappa shape index (κ1) is 17.3. The van der Waals surface area contributed by atoms with E-state index >= 15 is 0 Å². The van der Waals surface area contributed by atoms with Crippen molar-refractivity contribution in [2.45, 2.75) is 58.2 Å². The van der Waals surface area contributed by atoms with E-state index in [2.05, 4.69) is 38.4 Å². The summed E-state index contributed by atoms with van der Waals surface area (Å²) in [5, 5.41) is 0.257. The lowest BCUT2D eigenvalue weighted by Gasteiger charge is -2.36. The minimum absolute atomic E-state index is 0.257. The van der Waals surface area contributed by atoms with E-state index in [9.17, 15) is 4.57 Å². The Bertz CT molecular complexity index is 238. The quantitative estimate of drug-likeness (QED) is 0.420. The molecule has 0 aliphatic heterocycles. The van der Waals surface area contributed by atoms with Crippen molar-refractivity contribution in [3.8, 4) is 0 Å². The third-order valence-electron chi connectivity index (χ3n) is 3.28. The first-order chi connectivity index (χ1) is 7.67. The Morgan fingerprint density at radius 3 is 2.12 bits per heavy atom. The third kappa shape index (κ3) is 8.11. The van der Waals surface area contributed by atoms with Crippen molar-refractivity contribution in [2.75, 3.05) is 13.2 Å². The lowest BCUT2D eigenvalue weighted by molar-refractivity contribution is 0.255. The van der Waals surface area contributed by atoms with Gasteiger partial charge < -0.3 is 13.8 Å². The zero-order valence-corrected chi connectivity index (χ0v) is 13.7. The van der Waals surface area contributed by atoms with E-state index in [1.165, 1.54) is 0 Å². The van der Waals surface area contributed by atoms with Crippen LogP contribution in [0.15, 0.2) is 0 Å². The molecule has 0 aliphatic rings. The van der Waals surface area contributed by atoms with Crippen LogP contribution in [0.3, 0.4) is 0 Å². The summed E-state index contributed by atoms with van der Waals surface area (Å²) in [7, 11) is -4.35. The van der Waals surface area contributed by atoms with Gasteiger partial charge in [-0.3, -0.25) is 4.57 Å². The highest BCUT2D eigenvalue weighted by molar-refractivity contribution is 7.32. The molecule has 0 bridgehead atoms. The van der Waals surface area contributed by atoms with E-state index < -0.39 is 16.6 Å². The zero-order valence-electron chi connectivity index (χ0n) is 11.7. The Morgan fingerprint density at radius 1 is 1.12 bits per heavy atom. The Hall–Kier alpha value is 0.327. The lowest BCUT2D eigenvalue weighted by Crippen LogP contribution is -2.40. The predicted octanol–water partition coefficient (Wildman–Crippen LogP) is 3.58. The molecule has 0 rings (SSSR count). The summed E-state index contributed by atoms with van der Waals surface area (Å²) in [6.07, 6.45) is 2.78. The number of hydrogen-bond donors (Lipinski definition) is 1. The van der Waals surface area contributed by atoms with Crippen molar-refractivity contribution in [3.05, 3.63) is 0 Å². The van der Waals surface area contributed by atoms with Gasteiger partial charge in [0.25, 0.3) is 0 Å². The standard InChI is InChI=1S/C11H27O4PSi/c1-11(2,3)17(4,5)15-10-8-6-7-9-14-16(12)13/h16H,6-10H2,1-5H3,(H,12,13). The maximum Gasteiger partial charge on any atom is 0.316 e. The van der Waals surface area contributed by atoms with Gasteiger partial charge in [0.2, 0.25) is 0 Å². The zero-order chi connectivity index (χ0) is 13.5. The van der Waals surface area contributed by atoms with Crippen LogP contribution in [-0.4, -0.2) is 26.4 Å². The number of unbranched alkanes of at least 4 members (excludes halogenated alkanes) is 2. The summed E-state index contributed by atoms with van der Waals surface area (Å²) in [6.45, 7) is 12.3. The molecule has 6 heteroatoms. The molecule has 1 unspecified atom stereocenters. The minimum atomic E-state index is -2.74. The van der Waals surface area contributed by atoms with Gasteiger partial charge in [0, 0.05) is 6.61 Å². The lowest BCUT2D eigenvalue weighted by atomic mass is 10.2. The molecule has 4 nitrogen and oxygen atoms in total. The summed E-state index contributed by atoms with van der Waals surface area (Å²) < 4.78 is 20.9. The normalized spacial score (nSPS) is 14.9. The topological polar surface area (TPSA) is 55.8 Å². The van der Waals surface area contributed by atoms with Crippen LogP contribution in [0.1, 0.15) is 40.0 Å². The average Bonchev–Trinajstić information content (AvgIpc) is 2.13. The summed E-state index contributed by atoms with van der Waals surface area (Å²) in [5.74, 6) is 0. The van der Waals surface area contributed by atoms with Gasteiger partial charge in [-0.25, -0.2) is 0 Å². The Kier molecular flexibility index (Phi) is 7.84. The van der Waals surface area contributed by atoms with E-state index in [1.807, 2.05) is 0 Å². The third-order valence-corrected chi connectivity index (χ3v) is 8.27. The van der Waals surface area contributed by atoms with E-state index in [1.54, 1.807) is 0 Å². The van der Waals surface area contributed by atoms with E-state index in [0.29, 0.717) is 6.61 Å². The Morgan fingerprint density at radius 2 is 1.65 bits per heavy atom. The van der Waals surface area contributed by atoms with Crippen LogP contribution in [0.5, 0.6) is 0 Å². The van der Waals surface area contributed by atoms with E-state index in [0.717, 1.165) is 25.9 Å². The van der Waals surface area contributed by atoms with Crippen LogP contribution in [0.2, 0.25) is 18.1 Å². The second kappa shape index (κ2) is 7.69. The highest BCUT2D eigenvalue weighted by Crippen LogP contribution is 2.36. The average molecular weight is 282 g/mol. The molecule has 0 saturated carbocycles. The fourth-order valence-electron chi connectivity index (χ4n) is 1.08. The molecule has 17 heavy (non-hydrogen) atoms. The number of hydrogen-bond acceptors (Lipinski definition) is 3. The van der Waals surface area contributed by atoms with Gasteiger partial charge in [-0.15, -0.1) is 0 Å². The van der Waals surface area contributed by atoms with Crippen molar-refractivity contribution in [2.24, 2.45) is 0 Å². The highest BCUT2D eigenvalue weighted by atomic mass is 31.1. The molecule has 0 saturated heterocycles. The van der Waals surface area contributed by atoms with Gasteiger partial charge >= 0.3 is 8.25 Å². The van der Waals surface area contributed by atoms with Gasteiger partial charge in [0.15, 0.2) is 8.32 Å². The van der Waals surface area contributed by atoms with Gasteiger partial charge in [0.1, 0.15) is 0 Å². The maximum atomic E-state index is 10.3. The van der Waals surface area contributed by atoms with Gasteiger partial charge in [-0.1, -0.05) is 20.8 Å². The van der Waals surface area contributed by atoms with Gasteiger partial charge in [-0.05, 0) is 37.4 Å². The molecule has 0 amide bonds. The largest absolute Gasteiger partial charge is 0.417 e. The van der Waals surface area contributed by atoms with Crippen LogP contribution in [-0.2, 0) is 13.5 Å². The van der Waals surface area contributed by atoms with E-state index in [4.69, 9.17) is 9.32 Å². The first-order valence-electron chi connectivity index (χ1n) is 6.16. The van der Waals surface area contributed by atoms with Gasteiger partial charge in [0.05, 0.1) is 6.61 Å². The van der Waals surface area contributed by atoms with Crippen molar-refractivity contribution in [1.82, 2.24) is 0 Å². The van der Waals surface area contributed by atoms with Crippen LogP contribution in [0.4, 0.5) is 0 Å². The molecular weight excluding hydrogens is 255 g/mol. The predicted molar refractivity (Wildman–Crippen MR) is 74.2 cm³/mol. The van der Waals surface area contributed by atoms with Crippen LogP contribution in [0, 0.1) is 0 Å². The molecule has 0 fully saturated rings. The van der Waals surface area contributed by atoms with Crippen molar-refractivity contribution < 1.29 is 18.4 Å². The van der Waals surface area contributed by atoms with Crippen molar-refractivity contribution in [1.29, 1.82) is 0 Å². The smallest absolute Gasteiger partial charge is 0.316 e. The number of rotatable bonds is 8. The fourth-order valence-corrected chi connectivity index (χ4v) is 2.49. The fraction of sp³-hybridized carbons (Fsp3) is 1.00.